The number of carbonyl (C=O) groups is 1. The van der Waals surface area contributed by atoms with Gasteiger partial charge < -0.3 is 9.63 Å². The van der Waals surface area contributed by atoms with E-state index < -0.39 is 5.97 Å². The van der Waals surface area contributed by atoms with Gasteiger partial charge in [0, 0.05) is 11.6 Å². The summed E-state index contributed by atoms with van der Waals surface area (Å²) < 4.78 is 4.90. The number of aromatic nitrogens is 2. The molecule has 2 aromatic rings. The molecule has 0 atom stereocenters. The number of fused-ring (bicyclic) bond motifs is 1. The predicted molar refractivity (Wildman–Crippen MR) is 50.7 cm³/mol. The third kappa shape index (κ3) is 1.27. The van der Waals surface area contributed by atoms with Crippen LogP contribution in [0.15, 0.2) is 16.8 Å². The number of nitrogens with zero attached hydrogens (tertiary/aromatic N) is 2. The van der Waals surface area contributed by atoms with Crippen LogP contribution in [0.25, 0.3) is 11.1 Å². The summed E-state index contributed by atoms with van der Waals surface area (Å²) in [6.07, 6.45) is 3.54. The van der Waals surface area contributed by atoms with E-state index in [1.54, 1.807) is 6.07 Å². The summed E-state index contributed by atoms with van der Waals surface area (Å²) in [5.74, 6) is -0.565. The van der Waals surface area contributed by atoms with Gasteiger partial charge in [-0.3, -0.25) is 0 Å². The van der Waals surface area contributed by atoms with Crippen molar-refractivity contribution in [2.45, 2.75) is 18.8 Å². The highest BCUT2D eigenvalue weighted by Gasteiger charge is 2.27. The fraction of sp³-hybridized carbons (Fsp3) is 0.300. The van der Waals surface area contributed by atoms with Crippen molar-refractivity contribution in [3.63, 3.8) is 0 Å². The van der Waals surface area contributed by atoms with Crippen LogP contribution in [0, 0.1) is 0 Å². The molecule has 15 heavy (non-hydrogen) atoms. The molecular formula is C10H8N2O3. The Morgan fingerprint density at radius 3 is 3.00 bits per heavy atom. The number of hydrogen-bond donors (Lipinski definition) is 1. The summed E-state index contributed by atoms with van der Waals surface area (Å²) in [4.78, 5) is 15.3. The van der Waals surface area contributed by atoms with Crippen molar-refractivity contribution in [2.24, 2.45) is 0 Å². The molecule has 1 saturated carbocycles. The Labute approximate surface area is 84.7 Å². The van der Waals surface area contributed by atoms with E-state index in [1.165, 1.54) is 6.20 Å². The summed E-state index contributed by atoms with van der Waals surface area (Å²) in [5.41, 5.74) is 1.34. The summed E-state index contributed by atoms with van der Waals surface area (Å²) in [7, 11) is 0. The normalized spacial score (nSPS) is 15.7. The first-order valence-electron chi connectivity index (χ1n) is 4.74. The maximum Gasteiger partial charge on any atom is 0.336 e. The smallest absolute Gasteiger partial charge is 0.336 e. The SMILES string of the molecule is O=C(O)c1cc(C2CC2)nc2oncc12. The molecule has 3 rings (SSSR count). The first-order valence-corrected chi connectivity index (χ1v) is 4.74. The van der Waals surface area contributed by atoms with Gasteiger partial charge in [-0.25, -0.2) is 9.78 Å². The topological polar surface area (TPSA) is 76.2 Å². The third-order valence-electron chi connectivity index (χ3n) is 2.59. The van der Waals surface area contributed by atoms with E-state index in [4.69, 9.17) is 9.63 Å². The van der Waals surface area contributed by atoms with E-state index in [0.717, 1.165) is 18.5 Å². The minimum absolute atomic E-state index is 0.225. The number of carboxylic acid groups (broad SMARTS) is 1. The van der Waals surface area contributed by atoms with Gasteiger partial charge >= 0.3 is 5.97 Å². The minimum Gasteiger partial charge on any atom is -0.478 e. The largest absolute Gasteiger partial charge is 0.478 e. The molecule has 0 radical (unpaired) electrons. The van der Waals surface area contributed by atoms with Crippen LogP contribution >= 0.6 is 0 Å². The lowest BCUT2D eigenvalue weighted by Gasteiger charge is -1.99. The van der Waals surface area contributed by atoms with Crippen molar-refractivity contribution >= 4 is 17.1 Å². The van der Waals surface area contributed by atoms with Gasteiger partial charge in [0.05, 0.1) is 17.1 Å². The number of hydrogen-bond acceptors (Lipinski definition) is 4. The molecule has 5 heteroatoms. The molecule has 0 unspecified atom stereocenters. The zero-order chi connectivity index (χ0) is 10.4. The number of carboxylic acids is 1. The Kier molecular flexibility index (Phi) is 1.56. The van der Waals surface area contributed by atoms with Crippen LogP contribution in [-0.2, 0) is 0 Å². The molecule has 2 heterocycles. The fourth-order valence-corrected chi connectivity index (χ4v) is 1.64. The zero-order valence-corrected chi connectivity index (χ0v) is 7.80. The van der Waals surface area contributed by atoms with Gasteiger partial charge in [0.15, 0.2) is 0 Å². The van der Waals surface area contributed by atoms with E-state index in [-0.39, 0.29) is 5.56 Å². The molecule has 0 bridgehead atoms. The highest BCUT2D eigenvalue weighted by atomic mass is 16.5. The van der Waals surface area contributed by atoms with E-state index in [1.807, 2.05) is 0 Å². The first kappa shape index (κ1) is 8.40. The molecule has 1 aliphatic carbocycles. The Morgan fingerprint density at radius 2 is 2.33 bits per heavy atom. The lowest BCUT2D eigenvalue weighted by molar-refractivity contribution is 0.0699. The summed E-state index contributed by atoms with van der Waals surface area (Å²) in [6.45, 7) is 0. The zero-order valence-electron chi connectivity index (χ0n) is 7.80. The quantitative estimate of drug-likeness (QED) is 0.807. The third-order valence-corrected chi connectivity index (χ3v) is 2.59. The Bertz CT molecular complexity index is 543. The number of pyridine rings is 1. The van der Waals surface area contributed by atoms with Gasteiger partial charge in [-0.15, -0.1) is 0 Å². The summed E-state index contributed by atoms with van der Waals surface area (Å²) in [5, 5.41) is 13.1. The second-order valence-electron chi connectivity index (χ2n) is 3.72. The van der Waals surface area contributed by atoms with Gasteiger partial charge in [0.2, 0.25) is 0 Å². The van der Waals surface area contributed by atoms with Crippen molar-refractivity contribution < 1.29 is 14.4 Å². The molecule has 0 aromatic carbocycles. The van der Waals surface area contributed by atoms with E-state index in [2.05, 4.69) is 10.1 Å². The molecule has 0 amide bonds. The van der Waals surface area contributed by atoms with Crippen molar-refractivity contribution in [1.29, 1.82) is 0 Å². The van der Waals surface area contributed by atoms with Crippen molar-refractivity contribution in [3.05, 3.63) is 23.5 Å². The molecule has 1 aliphatic rings. The Morgan fingerprint density at radius 1 is 1.53 bits per heavy atom. The second kappa shape index (κ2) is 2.79. The van der Waals surface area contributed by atoms with Gasteiger partial charge in [-0.05, 0) is 18.9 Å². The van der Waals surface area contributed by atoms with E-state index >= 15 is 0 Å². The maximum atomic E-state index is 11.0. The Balaban J connectivity index is 2.28. The lowest BCUT2D eigenvalue weighted by Crippen LogP contribution is -2.00. The van der Waals surface area contributed by atoms with Crippen molar-refractivity contribution in [2.75, 3.05) is 0 Å². The lowest BCUT2D eigenvalue weighted by atomic mass is 10.1. The molecule has 1 N–H and O–H groups in total. The average molecular weight is 204 g/mol. The Hall–Kier alpha value is -1.91. The molecule has 76 valence electrons. The van der Waals surface area contributed by atoms with E-state index in [9.17, 15) is 4.79 Å². The van der Waals surface area contributed by atoms with E-state index in [0.29, 0.717) is 17.0 Å². The van der Waals surface area contributed by atoms with Crippen molar-refractivity contribution in [3.8, 4) is 0 Å². The molecule has 0 aliphatic heterocycles. The fourth-order valence-electron chi connectivity index (χ4n) is 1.64. The van der Waals surface area contributed by atoms with Crippen LogP contribution in [-0.4, -0.2) is 21.2 Å². The first-order chi connectivity index (χ1) is 7.25. The van der Waals surface area contributed by atoms with Gasteiger partial charge in [-0.1, -0.05) is 5.16 Å². The second-order valence-corrected chi connectivity index (χ2v) is 3.72. The van der Waals surface area contributed by atoms with Crippen LogP contribution in [0.5, 0.6) is 0 Å². The summed E-state index contributed by atoms with van der Waals surface area (Å²) >= 11 is 0. The number of aromatic carboxylic acids is 1. The standard InChI is InChI=1S/C10H8N2O3/c13-10(14)6-3-8(5-1-2-5)12-9-7(6)4-11-15-9/h3-5H,1-2H2,(H,13,14). The summed E-state index contributed by atoms with van der Waals surface area (Å²) in [6, 6.07) is 1.62. The average Bonchev–Trinajstić information content (AvgIpc) is 2.95. The molecule has 0 saturated heterocycles. The highest BCUT2D eigenvalue weighted by Crippen LogP contribution is 2.40. The molecule has 5 nitrogen and oxygen atoms in total. The molecule has 1 fully saturated rings. The van der Waals surface area contributed by atoms with Crippen LogP contribution in [0.3, 0.4) is 0 Å². The highest BCUT2D eigenvalue weighted by molar-refractivity contribution is 6.00. The van der Waals surface area contributed by atoms with Crippen LogP contribution in [0.1, 0.15) is 34.8 Å². The van der Waals surface area contributed by atoms with Crippen LogP contribution in [0.4, 0.5) is 0 Å². The monoisotopic (exact) mass is 204 g/mol. The maximum absolute atomic E-state index is 11.0. The molecule has 0 spiro atoms. The van der Waals surface area contributed by atoms with Gasteiger partial charge in [0.25, 0.3) is 5.71 Å². The van der Waals surface area contributed by atoms with Crippen LogP contribution in [0.2, 0.25) is 0 Å². The molecule has 2 aromatic heterocycles. The van der Waals surface area contributed by atoms with Crippen molar-refractivity contribution in [1.82, 2.24) is 10.1 Å². The predicted octanol–water partition coefficient (Wildman–Crippen LogP) is 1.80. The number of rotatable bonds is 2. The van der Waals surface area contributed by atoms with Gasteiger partial charge in [0.1, 0.15) is 0 Å². The van der Waals surface area contributed by atoms with Gasteiger partial charge in [-0.2, -0.15) is 0 Å². The van der Waals surface area contributed by atoms with Crippen LogP contribution < -0.4 is 0 Å². The molecular weight excluding hydrogens is 196 g/mol. The minimum atomic E-state index is -0.965.